The summed E-state index contributed by atoms with van der Waals surface area (Å²) in [4.78, 5) is 4.51. The van der Waals surface area contributed by atoms with Gasteiger partial charge in [0.25, 0.3) is 0 Å². The van der Waals surface area contributed by atoms with Gasteiger partial charge in [0.2, 0.25) is 0 Å². The molecule has 0 aromatic rings. The minimum atomic E-state index is 0. The van der Waals surface area contributed by atoms with E-state index >= 15 is 0 Å². The first-order valence-corrected chi connectivity index (χ1v) is 6.23. The van der Waals surface area contributed by atoms with Crippen LogP contribution in [0.4, 0.5) is 0 Å². The van der Waals surface area contributed by atoms with E-state index < -0.39 is 0 Å². The van der Waals surface area contributed by atoms with Gasteiger partial charge in [-0.2, -0.15) is 0 Å². The number of nitrogens with two attached hydrogens (primary N) is 1. The Morgan fingerprint density at radius 2 is 1.13 bits per heavy atom. The predicted molar refractivity (Wildman–Crippen MR) is 69.2 cm³/mol. The molecule has 0 aliphatic rings. The smallest absolute Gasteiger partial charge is 0.0679 e. The van der Waals surface area contributed by atoms with Crippen LogP contribution in [0.2, 0.25) is 0 Å². The highest BCUT2D eigenvalue weighted by Crippen LogP contribution is 2.10. The highest BCUT2D eigenvalue weighted by molar-refractivity contribution is 5.85. The van der Waals surface area contributed by atoms with E-state index in [1.165, 1.54) is 57.8 Å². The van der Waals surface area contributed by atoms with Crippen LogP contribution >= 0.6 is 12.4 Å². The zero-order valence-corrected chi connectivity index (χ0v) is 11.0. The van der Waals surface area contributed by atoms with E-state index in [2.05, 4.69) is 11.8 Å². The highest BCUT2D eigenvalue weighted by atomic mass is 35.5. The van der Waals surface area contributed by atoms with E-state index in [4.69, 9.17) is 5.90 Å². The summed E-state index contributed by atoms with van der Waals surface area (Å²) in [6, 6.07) is 0. The van der Waals surface area contributed by atoms with Crippen LogP contribution in [0.1, 0.15) is 71.1 Å². The van der Waals surface area contributed by atoms with Gasteiger partial charge in [0, 0.05) is 0 Å². The van der Waals surface area contributed by atoms with E-state index in [0.29, 0.717) is 0 Å². The van der Waals surface area contributed by atoms with Gasteiger partial charge < -0.3 is 4.84 Å². The maximum atomic E-state index is 4.94. The topological polar surface area (TPSA) is 35.2 Å². The number of halogens is 1. The van der Waals surface area contributed by atoms with Gasteiger partial charge in [-0.1, -0.05) is 64.7 Å². The van der Waals surface area contributed by atoms with Crippen LogP contribution in [0.5, 0.6) is 0 Å². The second-order valence-corrected chi connectivity index (χ2v) is 4.05. The molecule has 0 aromatic heterocycles. The van der Waals surface area contributed by atoms with Gasteiger partial charge >= 0.3 is 0 Å². The molecule has 0 rings (SSSR count). The molecule has 0 atom stereocenters. The summed E-state index contributed by atoms with van der Waals surface area (Å²) in [5, 5.41) is 0. The third-order valence-electron chi connectivity index (χ3n) is 2.62. The summed E-state index contributed by atoms with van der Waals surface area (Å²) in [5.74, 6) is 4.94. The Morgan fingerprint density at radius 3 is 1.53 bits per heavy atom. The lowest BCUT2D eigenvalue weighted by Crippen LogP contribution is -2.00. The molecule has 0 saturated heterocycles. The van der Waals surface area contributed by atoms with E-state index in [1.807, 2.05) is 0 Å². The average molecular weight is 238 g/mol. The van der Waals surface area contributed by atoms with Crippen molar-refractivity contribution < 1.29 is 4.84 Å². The van der Waals surface area contributed by atoms with Crippen LogP contribution in [0.25, 0.3) is 0 Å². The van der Waals surface area contributed by atoms with Crippen LogP contribution in [0.15, 0.2) is 0 Å². The van der Waals surface area contributed by atoms with Gasteiger partial charge in [-0.05, 0) is 6.42 Å². The van der Waals surface area contributed by atoms with Gasteiger partial charge in [0.1, 0.15) is 0 Å². The zero-order chi connectivity index (χ0) is 10.5. The molecule has 0 heterocycles. The van der Waals surface area contributed by atoms with Crippen molar-refractivity contribution in [2.75, 3.05) is 6.61 Å². The Morgan fingerprint density at radius 1 is 0.733 bits per heavy atom. The average Bonchev–Trinajstić information content (AvgIpc) is 2.21. The molecule has 2 nitrogen and oxygen atoms in total. The van der Waals surface area contributed by atoms with Crippen LogP contribution in [-0.4, -0.2) is 6.61 Å². The van der Waals surface area contributed by atoms with Crippen molar-refractivity contribution in [1.82, 2.24) is 0 Å². The number of hydrogen-bond donors (Lipinski definition) is 1. The van der Waals surface area contributed by atoms with Gasteiger partial charge in [-0.25, -0.2) is 5.90 Å². The van der Waals surface area contributed by atoms with Crippen LogP contribution in [0, 0.1) is 0 Å². The third kappa shape index (κ3) is 16.9. The molecule has 0 unspecified atom stereocenters. The first-order chi connectivity index (χ1) is 6.91. The second kappa shape index (κ2) is 16.6. The minimum Gasteiger partial charge on any atom is -0.305 e. The predicted octanol–water partition coefficient (Wildman–Crippen LogP) is 4.22. The summed E-state index contributed by atoms with van der Waals surface area (Å²) < 4.78 is 0. The second-order valence-electron chi connectivity index (χ2n) is 4.05. The van der Waals surface area contributed by atoms with Crippen LogP contribution < -0.4 is 5.90 Å². The summed E-state index contributed by atoms with van der Waals surface area (Å²) in [5.41, 5.74) is 0. The van der Waals surface area contributed by atoms with Crippen molar-refractivity contribution in [3.05, 3.63) is 0 Å². The fraction of sp³-hybridized carbons (Fsp3) is 1.00. The van der Waals surface area contributed by atoms with Gasteiger partial charge in [0.15, 0.2) is 0 Å². The molecule has 0 radical (unpaired) electrons. The summed E-state index contributed by atoms with van der Waals surface area (Å²) in [6.07, 6.45) is 13.6. The van der Waals surface area contributed by atoms with Crippen molar-refractivity contribution in [3.8, 4) is 0 Å². The molecule has 0 aromatic carbocycles. The Bertz CT molecular complexity index is 89.6. The normalized spacial score (nSPS) is 10.0. The van der Waals surface area contributed by atoms with Crippen molar-refractivity contribution in [1.29, 1.82) is 0 Å². The molecule has 2 N–H and O–H groups in total. The molecule has 0 spiro atoms. The quantitative estimate of drug-likeness (QED) is 0.431. The molecular formula is C12H28ClNO. The van der Waals surface area contributed by atoms with Crippen molar-refractivity contribution in [2.24, 2.45) is 5.90 Å². The van der Waals surface area contributed by atoms with Crippen molar-refractivity contribution in [2.45, 2.75) is 71.1 Å². The van der Waals surface area contributed by atoms with E-state index in [0.717, 1.165) is 13.0 Å². The third-order valence-corrected chi connectivity index (χ3v) is 2.62. The van der Waals surface area contributed by atoms with Crippen molar-refractivity contribution >= 4 is 12.4 Å². The fourth-order valence-corrected chi connectivity index (χ4v) is 1.67. The molecule has 3 heteroatoms. The Kier molecular flexibility index (Phi) is 19.5. The Balaban J connectivity index is 0. The maximum absolute atomic E-state index is 4.94. The first kappa shape index (κ1) is 17.6. The van der Waals surface area contributed by atoms with Crippen LogP contribution in [0.3, 0.4) is 0 Å². The SMILES string of the molecule is CCCCCCCCCCCCON.Cl. The molecule has 0 saturated carbocycles. The van der Waals surface area contributed by atoms with E-state index in [9.17, 15) is 0 Å². The number of hydrogen-bond acceptors (Lipinski definition) is 2. The lowest BCUT2D eigenvalue weighted by Gasteiger charge is -2.01. The van der Waals surface area contributed by atoms with Gasteiger partial charge in [0.05, 0.1) is 6.61 Å². The largest absolute Gasteiger partial charge is 0.305 e. The van der Waals surface area contributed by atoms with Gasteiger partial charge in [-0.15, -0.1) is 12.4 Å². The zero-order valence-electron chi connectivity index (χ0n) is 10.2. The highest BCUT2D eigenvalue weighted by Gasteiger charge is 1.91. The molecule has 0 aliphatic carbocycles. The van der Waals surface area contributed by atoms with Crippen LogP contribution in [-0.2, 0) is 4.84 Å². The molecule has 0 amide bonds. The number of unbranched alkanes of at least 4 members (excludes halogenated alkanes) is 9. The lowest BCUT2D eigenvalue weighted by molar-refractivity contribution is 0.133. The molecule has 0 aliphatic heterocycles. The molecule has 0 fully saturated rings. The summed E-state index contributed by atoms with van der Waals surface area (Å²) >= 11 is 0. The minimum absolute atomic E-state index is 0. The summed E-state index contributed by atoms with van der Waals surface area (Å²) in [7, 11) is 0. The first-order valence-electron chi connectivity index (χ1n) is 6.23. The monoisotopic (exact) mass is 237 g/mol. The van der Waals surface area contributed by atoms with Gasteiger partial charge in [-0.3, -0.25) is 0 Å². The molecular weight excluding hydrogens is 210 g/mol. The number of rotatable bonds is 11. The Labute approximate surface area is 101 Å². The summed E-state index contributed by atoms with van der Waals surface area (Å²) in [6.45, 7) is 2.98. The van der Waals surface area contributed by atoms with E-state index in [-0.39, 0.29) is 12.4 Å². The molecule has 0 bridgehead atoms. The molecule has 94 valence electrons. The van der Waals surface area contributed by atoms with Crippen molar-refractivity contribution in [3.63, 3.8) is 0 Å². The maximum Gasteiger partial charge on any atom is 0.0679 e. The lowest BCUT2D eigenvalue weighted by atomic mass is 10.1. The van der Waals surface area contributed by atoms with E-state index in [1.54, 1.807) is 0 Å². The molecule has 15 heavy (non-hydrogen) atoms. The Hall–Kier alpha value is 0.210. The fourth-order valence-electron chi connectivity index (χ4n) is 1.67. The standard InChI is InChI=1S/C12H27NO.ClH/c1-2-3-4-5-6-7-8-9-10-11-12-14-13;/h2-13H2,1H3;1H.